The third-order valence-electron chi connectivity index (χ3n) is 5.78. The number of methoxy groups -OCH3 is 1. The first kappa shape index (κ1) is 16.7. The highest BCUT2D eigenvalue weighted by molar-refractivity contribution is 5.84. The molecule has 26 heavy (non-hydrogen) atoms. The van der Waals surface area contributed by atoms with Gasteiger partial charge in [-0.05, 0) is 23.8 Å². The molecular formula is C22H24N2O2. The fourth-order valence-electron chi connectivity index (χ4n) is 4.33. The minimum absolute atomic E-state index is 0.0896. The molecule has 2 aliphatic rings. The Morgan fingerprint density at radius 2 is 1.85 bits per heavy atom. The number of benzene rings is 2. The molecule has 1 saturated heterocycles. The van der Waals surface area contributed by atoms with E-state index in [0.29, 0.717) is 13.0 Å². The van der Waals surface area contributed by atoms with E-state index in [1.165, 1.54) is 11.3 Å². The van der Waals surface area contributed by atoms with Crippen LogP contribution >= 0.6 is 0 Å². The van der Waals surface area contributed by atoms with Crippen molar-refractivity contribution >= 4 is 17.7 Å². The molecule has 1 N–H and O–H groups in total. The lowest BCUT2D eigenvalue weighted by Gasteiger charge is -2.49. The first-order chi connectivity index (χ1) is 12.5. The number of nitrogens with one attached hydrogen (secondary N) is 1. The maximum atomic E-state index is 12.4. The summed E-state index contributed by atoms with van der Waals surface area (Å²) in [4.78, 5) is 14.7. The van der Waals surface area contributed by atoms with Crippen LogP contribution < -0.4 is 15.0 Å². The Morgan fingerprint density at radius 1 is 1.12 bits per heavy atom. The van der Waals surface area contributed by atoms with Crippen molar-refractivity contribution < 1.29 is 9.53 Å². The zero-order valence-electron chi connectivity index (χ0n) is 15.5. The quantitative estimate of drug-likeness (QED) is 0.919. The molecule has 2 aromatic carbocycles. The van der Waals surface area contributed by atoms with E-state index in [4.69, 9.17) is 4.74 Å². The van der Waals surface area contributed by atoms with Gasteiger partial charge in [-0.15, -0.1) is 0 Å². The molecule has 0 aliphatic carbocycles. The lowest BCUT2D eigenvalue weighted by atomic mass is 9.74. The molecule has 1 fully saturated rings. The van der Waals surface area contributed by atoms with Crippen LogP contribution in [0.15, 0.2) is 54.6 Å². The molecule has 4 heteroatoms. The van der Waals surface area contributed by atoms with Gasteiger partial charge in [0.25, 0.3) is 0 Å². The number of hydrogen-bond acceptors (Lipinski definition) is 3. The van der Waals surface area contributed by atoms with Crippen LogP contribution in [0.5, 0.6) is 5.75 Å². The third-order valence-corrected chi connectivity index (χ3v) is 5.78. The fourth-order valence-corrected chi connectivity index (χ4v) is 4.33. The second-order valence-electron chi connectivity index (χ2n) is 7.43. The Labute approximate surface area is 154 Å². The number of nitrogens with zero attached hydrogens (tertiary/aromatic N) is 1. The van der Waals surface area contributed by atoms with Crippen molar-refractivity contribution in [3.63, 3.8) is 0 Å². The van der Waals surface area contributed by atoms with Crippen LogP contribution in [0.4, 0.5) is 5.69 Å². The molecule has 0 bridgehead atoms. The van der Waals surface area contributed by atoms with Crippen molar-refractivity contribution in [3.8, 4) is 5.75 Å². The second-order valence-corrected chi connectivity index (χ2v) is 7.43. The van der Waals surface area contributed by atoms with E-state index in [1.807, 2.05) is 24.3 Å². The number of anilines is 1. The van der Waals surface area contributed by atoms with E-state index in [9.17, 15) is 4.79 Å². The zero-order chi connectivity index (χ0) is 18.4. The molecule has 2 heterocycles. The molecule has 1 atom stereocenters. The summed E-state index contributed by atoms with van der Waals surface area (Å²) < 4.78 is 5.48. The van der Waals surface area contributed by atoms with Gasteiger partial charge in [0.15, 0.2) is 0 Å². The zero-order valence-corrected chi connectivity index (χ0v) is 15.5. The van der Waals surface area contributed by atoms with Gasteiger partial charge in [-0.2, -0.15) is 0 Å². The van der Waals surface area contributed by atoms with Gasteiger partial charge in [-0.1, -0.05) is 56.3 Å². The fraction of sp³-hybridized carbons (Fsp3) is 0.318. The number of carbonyl (C=O) groups is 1. The molecule has 134 valence electrons. The first-order valence-corrected chi connectivity index (χ1v) is 9.00. The van der Waals surface area contributed by atoms with Crippen molar-refractivity contribution in [1.82, 2.24) is 5.32 Å². The van der Waals surface area contributed by atoms with E-state index >= 15 is 0 Å². The minimum atomic E-state index is -0.590. The summed E-state index contributed by atoms with van der Waals surface area (Å²) in [5.74, 6) is 0.911. The average Bonchev–Trinajstić information content (AvgIpc) is 2.85. The summed E-state index contributed by atoms with van der Waals surface area (Å²) in [6.45, 7) is 5.11. The van der Waals surface area contributed by atoms with Gasteiger partial charge in [-0.25, -0.2) is 0 Å². The van der Waals surface area contributed by atoms with E-state index in [1.54, 1.807) is 7.11 Å². The van der Waals surface area contributed by atoms with Crippen LogP contribution in [0, 0.1) is 0 Å². The summed E-state index contributed by atoms with van der Waals surface area (Å²) >= 11 is 0. The molecule has 4 rings (SSSR count). The maximum Gasteiger partial charge on any atom is 0.223 e. The van der Waals surface area contributed by atoms with E-state index in [0.717, 1.165) is 11.3 Å². The summed E-state index contributed by atoms with van der Waals surface area (Å²) in [5, 5.41) is 3.30. The number of para-hydroxylation sites is 2. The minimum Gasteiger partial charge on any atom is -0.496 e. The van der Waals surface area contributed by atoms with Crippen LogP contribution in [-0.2, 0) is 10.2 Å². The molecule has 0 saturated carbocycles. The first-order valence-electron chi connectivity index (χ1n) is 9.00. The Hall–Kier alpha value is -2.75. The second kappa shape index (κ2) is 5.90. The Bertz CT molecular complexity index is 887. The Balaban J connectivity index is 1.85. The summed E-state index contributed by atoms with van der Waals surface area (Å²) in [6, 6.07) is 16.4. The number of ether oxygens (including phenoxy) is 1. The third kappa shape index (κ3) is 2.25. The highest BCUT2D eigenvalue weighted by atomic mass is 16.5. The van der Waals surface area contributed by atoms with Crippen molar-refractivity contribution in [2.75, 3.05) is 18.6 Å². The normalized spacial score (nSPS) is 23.5. The standard InChI is InChI=1S/C22H24N2O2/c1-21(2)17-9-5-6-10-18(17)24-15-13-20(25)23-22(21,24)14-12-16-8-4-7-11-19(16)26-3/h4-12,14H,13,15H2,1-3H3,(H,23,25)/b14-12+/t22-/m0/s1. The lowest BCUT2D eigenvalue weighted by Crippen LogP contribution is -2.68. The van der Waals surface area contributed by atoms with Gasteiger partial charge in [-0.3, -0.25) is 4.79 Å². The van der Waals surface area contributed by atoms with Gasteiger partial charge in [0, 0.05) is 29.6 Å². The highest BCUT2D eigenvalue weighted by Gasteiger charge is 2.57. The predicted molar refractivity (Wildman–Crippen MR) is 104 cm³/mol. The summed E-state index contributed by atoms with van der Waals surface area (Å²) in [5.41, 5.74) is 2.59. The summed E-state index contributed by atoms with van der Waals surface area (Å²) in [7, 11) is 1.68. The number of rotatable bonds is 3. The SMILES string of the molecule is COc1ccccc1/C=C/[C@]12NC(=O)CCN1c1ccccc1C2(C)C. The topological polar surface area (TPSA) is 41.6 Å². The predicted octanol–water partition coefficient (Wildman–Crippen LogP) is 3.72. The molecule has 2 aliphatic heterocycles. The average molecular weight is 348 g/mol. The number of amides is 1. The lowest BCUT2D eigenvalue weighted by molar-refractivity contribution is -0.124. The van der Waals surface area contributed by atoms with Crippen LogP contribution in [0.1, 0.15) is 31.4 Å². The van der Waals surface area contributed by atoms with Gasteiger partial charge < -0.3 is 15.0 Å². The number of carbonyl (C=O) groups excluding carboxylic acids is 1. The monoisotopic (exact) mass is 348 g/mol. The van der Waals surface area contributed by atoms with Crippen molar-refractivity contribution in [1.29, 1.82) is 0 Å². The van der Waals surface area contributed by atoms with E-state index < -0.39 is 5.66 Å². The van der Waals surface area contributed by atoms with E-state index in [2.05, 4.69) is 60.5 Å². The smallest absolute Gasteiger partial charge is 0.223 e. The van der Waals surface area contributed by atoms with Crippen molar-refractivity contribution in [2.45, 2.75) is 31.3 Å². The van der Waals surface area contributed by atoms with Crippen LogP contribution in [0.3, 0.4) is 0 Å². The molecule has 0 spiro atoms. The van der Waals surface area contributed by atoms with E-state index in [-0.39, 0.29) is 11.3 Å². The van der Waals surface area contributed by atoms with Crippen molar-refractivity contribution in [2.24, 2.45) is 0 Å². The largest absolute Gasteiger partial charge is 0.496 e. The molecule has 2 aromatic rings. The molecule has 0 aromatic heterocycles. The number of hydrogen-bond donors (Lipinski definition) is 1. The van der Waals surface area contributed by atoms with Crippen LogP contribution in [0.25, 0.3) is 6.08 Å². The Morgan fingerprint density at radius 3 is 2.65 bits per heavy atom. The Kier molecular flexibility index (Phi) is 3.79. The van der Waals surface area contributed by atoms with Gasteiger partial charge in [0.2, 0.25) is 5.91 Å². The van der Waals surface area contributed by atoms with Crippen molar-refractivity contribution in [3.05, 3.63) is 65.7 Å². The molecule has 1 amide bonds. The van der Waals surface area contributed by atoms with Gasteiger partial charge in [0.05, 0.1) is 7.11 Å². The molecular weight excluding hydrogens is 324 g/mol. The molecule has 0 radical (unpaired) electrons. The van der Waals surface area contributed by atoms with Gasteiger partial charge in [0.1, 0.15) is 11.4 Å². The maximum absolute atomic E-state index is 12.4. The molecule has 4 nitrogen and oxygen atoms in total. The highest BCUT2D eigenvalue weighted by Crippen LogP contribution is 2.52. The molecule has 0 unspecified atom stereocenters. The number of fused-ring (bicyclic) bond motifs is 3. The summed E-state index contributed by atoms with van der Waals surface area (Å²) in [6.07, 6.45) is 4.70. The van der Waals surface area contributed by atoms with Crippen LogP contribution in [0.2, 0.25) is 0 Å². The van der Waals surface area contributed by atoms with Crippen LogP contribution in [-0.4, -0.2) is 25.2 Å². The van der Waals surface area contributed by atoms with Gasteiger partial charge >= 0.3 is 0 Å².